The van der Waals surface area contributed by atoms with Crippen molar-refractivity contribution in [2.45, 2.75) is 71.4 Å². The SMILES string of the molecule is CCOC(=O)C[C@H](NC(=O)OC(C)(C)C)c1cc(-c2c(C)cc(F)cc2O)cc(C2CC2)c1F. The number of phenolic OH excluding ortho intramolecular Hbond substituents is 1. The molecule has 34 heavy (non-hydrogen) atoms. The minimum atomic E-state index is -1.07. The van der Waals surface area contributed by atoms with Crippen molar-refractivity contribution in [2.75, 3.05) is 6.61 Å². The van der Waals surface area contributed by atoms with Crippen molar-refractivity contribution in [3.8, 4) is 16.9 Å². The summed E-state index contributed by atoms with van der Waals surface area (Å²) in [4.78, 5) is 24.9. The van der Waals surface area contributed by atoms with Crippen LogP contribution in [-0.4, -0.2) is 29.4 Å². The molecule has 0 aliphatic heterocycles. The van der Waals surface area contributed by atoms with Crippen molar-refractivity contribution < 1.29 is 33.0 Å². The maximum absolute atomic E-state index is 15.7. The maximum Gasteiger partial charge on any atom is 0.408 e. The highest BCUT2D eigenvalue weighted by molar-refractivity contribution is 5.77. The van der Waals surface area contributed by atoms with E-state index in [1.54, 1.807) is 40.7 Å². The first-order chi connectivity index (χ1) is 15.9. The Morgan fingerprint density at radius 3 is 2.41 bits per heavy atom. The molecule has 6 nitrogen and oxygen atoms in total. The van der Waals surface area contributed by atoms with Gasteiger partial charge in [0.05, 0.1) is 19.1 Å². The highest BCUT2D eigenvalue weighted by Crippen LogP contribution is 2.45. The number of rotatable bonds is 7. The Labute approximate surface area is 198 Å². The van der Waals surface area contributed by atoms with E-state index in [-0.39, 0.29) is 30.3 Å². The number of halogens is 2. The van der Waals surface area contributed by atoms with Crippen molar-refractivity contribution in [1.29, 1.82) is 0 Å². The summed E-state index contributed by atoms with van der Waals surface area (Å²) in [5.41, 5.74) is 0.996. The smallest absolute Gasteiger partial charge is 0.408 e. The number of amides is 1. The lowest BCUT2D eigenvalue weighted by molar-refractivity contribution is -0.143. The van der Waals surface area contributed by atoms with Crippen molar-refractivity contribution in [3.63, 3.8) is 0 Å². The summed E-state index contributed by atoms with van der Waals surface area (Å²) in [5.74, 6) is -2.02. The van der Waals surface area contributed by atoms with Gasteiger partial charge in [0.15, 0.2) is 0 Å². The van der Waals surface area contributed by atoms with E-state index in [1.165, 1.54) is 12.1 Å². The minimum Gasteiger partial charge on any atom is -0.507 e. The van der Waals surface area contributed by atoms with Crippen LogP contribution < -0.4 is 5.32 Å². The molecule has 2 N–H and O–H groups in total. The lowest BCUT2D eigenvalue weighted by atomic mass is 9.90. The average molecular weight is 476 g/mol. The van der Waals surface area contributed by atoms with E-state index in [0.29, 0.717) is 22.3 Å². The van der Waals surface area contributed by atoms with E-state index < -0.39 is 35.3 Å². The molecule has 0 saturated heterocycles. The quantitative estimate of drug-likeness (QED) is 0.477. The molecule has 0 spiro atoms. The van der Waals surface area contributed by atoms with Gasteiger partial charge in [0.1, 0.15) is 23.0 Å². The number of aromatic hydroxyl groups is 1. The molecule has 3 rings (SSSR count). The lowest BCUT2D eigenvalue weighted by Crippen LogP contribution is -2.36. The third-order valence-electron chi connectivity index (χ3n) is 5.46. The highest BCUT2D eigenvalue weighted by atomic mass is 19.1. The molecule has 1 aliphatic carbocycles. The fourth-order valence-corrected chi connectivity index (χ4v) is 3.94. The van der Waals surface area contributed by atoms with Crippen LogP contribution in [0.5, 0.6) is 5.75 Å². The fraction of sp³-hybridized carbons (Fsp3) is 0.462. The predicted molar refractivity (Wildman–Crippen MR) is 124 cm³/mol. The zero-order valence-electron chi connectivity index (χ0n) is 20.1. The number of esters is 1. The van der Waals surface area contributed by atoms with E-state index in [1.807, 2.05) is 0 Å². The number of carbonyl (C=O) groups is 2. The molecule has 0 heterocycles. The molecule has 0 unspecified atom stereocenters. The first-order valence-electron chi connectivity index (χ1n) is 11.4. The Balaban J connectivity index is 2.12. The van der Waals surface area contributed by atoms with Gasteiger partial charge in [0.25, 0.3) is 0 Å². The normalized spacial score (nSPS) is 14.4. The molecule has 1 amide bonds. The monoisotopic (exact) mass is 475 g/mol. The van der Waals surface area contributed by atoms with Gasteiger partial charge in [-0.3, -0.25) is 4.79 Å². The molecule has 2 aromatic rings. The molecule has 1 aliphatic rings. The summed E-state index contributed by atoms with van der Waals surface area (Å²) in [6.07, 6.45) is 0.485. The summed E-state index contributed by atoms with van der Waals surface area (Å²) in [6, 6.07) is 4.32. The molecular weight excluding hydrogens is 444 g/mol. The standard InChI is InChI=1S/C26H31F2NO5/c1-6-33-22(31)13-20(29-25(32)34-26(3,4)5)19-11-16(10-18(24(19)28)15-7-8-15)23-14(2)9-17(27)12-21(23)30/h9-12,15,20,30H,6-8,13H2,1-5H3,(H,29,32)/t20-/m0/s1. The van der Waals surface area contributed by atoms with Crippen molar-refractivity contribution in [2.24, 2.45) is 0 Å². The van der Waals surface area contributed by atoms with Crippen LogP contribution in [0.15, 0.2) is 24.3 Å². The van der Waals surface area contributed by atoms with Crippen molar-refractivity contribution >= 4 is 12.1 Å². The topological polar surface area (TPSA) is 84.9 Å². The molecule has 0 aromatic heterocycles. The van der Waals surface area contributed by atoms with Crippen LogP contribution in [-0.2, 0) is 14.3 Å². The number of nitrogens with one attached hydrogen (secondary N) is 1. The number of carbonyl (C=O) groups excluding carboxylic acids is 2. The van der Waals surface area contributed by atoms with Crippen LogP contribution in [0.1, 0.15) is 75.6 Å². The Morgan fingerprint density at radius 1 is 1.18 bits per heavy atom. The fourth-order valence-electron chi connectivity index (χ4n) is 3.94. The first kappa shape index (κ1) is 25.5. The van der Waals surface area contributed by atoms with E-state index in [9.17, 15) is 19.1 Å². The summed E-state index contributed by atoms with van der Waals surface area (Å²) in [6.45, 7) is 8.52. The Kier molecular flexibility index (Phi) is 7.48. The molecule has 1 saturated carbocycles. The molecule has 2 aromatic carbocycles. The molecular formula is C26H31F2NO5. The van der Waals surface area contributed by atoms with Gasteiger partial charge in [-0.25, -0.2) is 13.6 Å². The maximum atomic E-state index is 15.7. The Hall–Kier alpha value is -3.16. The number of aryl methyl sites for hydroxylation is 1. The molecule has 0 bridgehead atoms. The second kappa shape index (κ2) is 9.99. The van der Waals surface area contributed by atoms with Crippen molar-refractivity contribution in [3.05, 3.63) is 52.6 Å². The zero-order valence-corrected chi connectivity index (χ0v) is 20.1. The number of hydrogen-bond acceptors (Lipinski definition) is 5. The summed E-state index contributed by atoms with van der Waals surface area (Å²) >= 11 is 0. The third-order valence-corrected chi connectivity index (χ3v) is 5.46. The van der Waals surface area contributed by atoms with Crippen LogP contribution in [0.2, 0.25) is 0 Å². The lowest BCUT2D eigenvalue weighted by Gasteiger charge is -2.25. The van der Waals surface area contributed by atoms with Gasteiger partial charge in [-0.15, -0.1) is 0 Å². The average Bonchev–Trinajstić information content (AvgIpc) is 3.51. The molecule has 0 radical (unpaired) electrons. The molecule has 1 fully saturated rings. The van der Waals surface area contributed by atoms with Gasteiger partial charge >= 0.3 is 12.1 Å². The highest BCUT2D eigenvalue weighted by Gasteiger charge is 2.32. The number of alkyl carbamates (subject to hydrolysis) is 1. The second-order valence-corrected chi connectivity index (χ2v) is 9.57. The molecule has 1 atom stereocenters. The van der Waals surface area contributed by atoms with Gasteiger partial charge in [0.2, 0.25) is 0 Å². The van der Waals surface area contributed by atoms with Crippen LogP contribution in [0, 0.1) is 18.6 Å². The second-order valence-electron chi connectivity index (χ2n) is 9.57. The van der Waals surface area contributed by atoms with E-state index in [4.69, 9.17) is 9.47 Å². The van der Waals surface area contributed by atoms with Crippen LogP contribution >= 0.6 is 0 Å². The summed E-state index contributed by atoms with van der Waals surface area (Å²) < 4.78 is 39.9. The summed E-state index contributed by atoms with van der Waals surface area (Å²) in [7, 11) is 0. The van der Waals surface area contributed by atoms with Gasteiger partial charge in [-0.05, 0) is 88.3 Å². The minimum absolute atomic E-state index is 0.00799. The molecule has 8 heteroatoms. The number of hydrogen-bond donors (Lipinski definition) is 2. The van der Waals surface area contributed by atoms with Gasteiger partial charge in [0, 0.05) is 17.2 Å². The van der Waals surface area contributed by atoms with E-state index >= 15 is 4.39 Å². The number of benzene rings is 2. The zero-order chi connectivity index (χ0) is 25.2. The summed E-state index contributed by atoms with van der Waals surface area (Å²) in [5, 5.41) is 13.1. The van der Waals surface area contributed by atoms with Crippen LogP contribution in [0.4, 0.5) is 13.6 Å². The van der Waals surface area contributed by atoms with Gasteiger partial charge in [-0.1, -0.05) is 0 Å². The Bertz CT molecular complexity index is 1070. The van der Waals surface area contributed by atoms with Crippen LogP contribution in [0.25, 0.3) is 11.1 Å². The first-order valence-corrected chi connectivity index (χ1v) is 11.4. The molecule has 184 valence electrons. The Morgan fingerprint density at radius 2 is 1.85 bits per heavy atom. The van der Waals surface area contributed by atoms with Crippen molar-refractivity contribution in [1.82, 2.24) is 5.32 Å². The van der Waals surface area contributed by atoms with Gasteiger partial charge < -0.3 is 19.9 Å². The number of phenols is 1. The van der Waals surface area contributed by atoms with Crippen LogP contribution in [0.3, 0.4) is 0 Å². The predicted octanol–water partition coefficient (Wildman–Crippen LogP) is 6.04. The van der Waals surface area contributed by atoms with Gasteiger partial charge in [-0.2, -0.15) is 0 Å². The third kappa shape index (κ3) is 6.24. The van der Waals surface area contributed by atoms with E-state index in [2.05, 4.69) is 5.32 Å². The largest absolute Gasteiger partial charge is 0.507 e. The van der Waals surface area contributed by atoms with E-state index in [0.717, 1.165) is 18.9 Å². The number of ether oxygens (including phenoxy) is 2.